The summed E-state index contributed by atoms with van der Waals surface area (Å²) < 4.78 is 19.6. The van der Waals surface area contributed by atoms with E-state index in [9.17, 15) is 4.39 Å². The van der Waals surface area contributed by atoms with Gasteiger partial charge in [0.15, 0.2) is 0 Å². The van der Waals surface area contributed by atoms with Crippen LogP contribution in [0.5, 0.6) is 5.75 Å². The zero-order chi connectivity index (χ0) is 11.6. The lowest BCUT2D eigenvalue weighted by Gasteiger charge is -2.30. The van der Waals surface area contributed by atoms with Crippen LogP contribution in [0.25, 0.3) is 0 Å². The van der Waals surface area contributed by atoms with Gasteiger partial charge in [0.25, 0.3) is 0 Å². The minimum Gasteiger partial charge on any atom is -0.495 e. The van der Waals surface area contributed by atoms with Gasteiger partial charge in [0, 0.05) is 0 Å². The number of alkyl halides is 1. The summed E-state index contributed by atoms with van der Waals surface area (Å²) in [4.78, 5) is 0. The second-order valence-corrected chi connectivity index (χ2v) is 4.47. The second kappa shape index (κ2) is 4.60. The summed E-state index contributed by atoms with van der Waals surface area (Å²) in [5.41, 5.74) is -0.596. The van der Waals surface area contributed by atoms with Crippen molar-refractivity contribution in [3.63, 3.8) is 0 Å². The van der Waals surface area contributed by atoms with Gasteiger partial charge < -0.3 is 10.1 Å². The minimum absolute atomic E-state index is 0.468. The fourth-order valence-electron chi connectivity index (χ4n) is 2.06. The predicted octanol–water partition coefficient (Wildman–Crippen LogP) is 2.90. The molecule has 1 fully saturated rings. The Labute approximate surface area is 99.7 Å². The summed E-state index contributed by atoms with van der Waals surface area (Å²) in [6, 6.07) is 5.16. The van der Waals surface area contributed by atoms with E-state index in [0.717, 1.165) is 0 Å². The second-order valence-electron chi connectivity index (χ2n) is 4.06. The van der Waals surface area contributed by atoms with Gasteiger partial charge in [-0.2, -0.15) is 0 Å². The molecule has 4 heteroatoms. The van der Waals surface area contributed by atoms with Crippen molar-refractivity contribution >= 4 is 11.6 Å². The molecule has 2 rings (SSSR count). The van der Waals surface area contributed by atoms with Gasteiger partial charge in [0.05, 0.1) is 12.1 Å². The first kappa shape index (κ1) is 11.7. The quantitative estimate of drug-likeness (QED) is 0.863. The average molecular weight is 244 g/mol. The maximum absolute atomic E-state index is 14.6. The molecule has 0 aliphatic carbocycles. The Morgan fingerprint density at radius 1 is 1.38 bits per heavy atom. The molecular formula is C12H15ClFNO. The highest BCUT2D eigenvalue weighted by Crippen LogP contribution is 2.38. The van der Waals surface area contributed by atoms with Crippen molar-refractivity contribution in [2.75, 3.05) is 20.2 Å². The van der Waals surface area contributed by atoms with Gasteiger partial charge in [0.1, 0.15) is 11.4 Å². The highest BCUT2D eigenvalue weighted by Gasteiger charge is 2.33. The topological polar surface area (TPSA) is 21.3 Å². The third-order valence-corrected chi connectivity index (χ3v) is 3.36. The molecule has 0 bridgehead atoms. The normalized spacial score (nSPS) is 19.4. The molecule has 1 N–H and O–H groups in total. The van der Waals surface area contributed by atoms with E-state index in [1.54, 1.807) is 25.3 Å². The average Bonchev–Trinajstić information content (AvgIpc) is 2.30. The zero-order valence-corrected chi connectivity index (χ0v) is 9.98. The maximum Gasteiger partial charge on any atom is 0.138 e. The van der Waals surface area contributed by atoms with Crippen LogP contribution in [-0.4, -0.2) is 20.2 Å². The van der Waals surface area contributed by atoms with Gasteiger partial charge >= 0.3 is 0 Å². The largest absolute Gasteiger partial charge is 0.495 e. The number of piperidine rings is 1. The molecule has 0 spiro atoms. The summed E-state index contributed by atoms with van der Waals surface area (Å²) in [6.07, 6.45) is 0.991. The van der Waals surface area contributed by atoms with Crippen molar-refractivity contribution in [2.24, 2.45) is 0 Å². The molecule has 1 aliphatic rings. The van der Waals surface area contributed by atoms with E-state index in [2.05, 4.69) is 5.32 Å². The van der Waals surface area contributed by atoms with Gasteiger partial charge in [0.2, 0.25) is 0 Å². The Balaban J connectivity index is 2.29. The first-order valence-corrected chi connectivity index (χ1v) is 5.77. The van der Waals surface area contributed by atoms with Crippen LogP contribution in [0.1, 0.15) is 18.4 Å². The van der Waals surface area contributed by atoms with E-state index >= 15 is 0 Å². The lowest BCUT2D eigenvalue weighted by molar-refractivity contribution is 0.115. The van der Waals surface area contributed by atoms with Crippen molar-refractivity contribution < 1.29 is 9.13 Å². The Morgan fingerprint density at radius 2 is 2.06 bits per heavy atom. The third kappa shape index (κ3) is 2.15. The molecule has 0 radical (unpaired) electrons. The zero-order valence-electron chi connectivity index (χ0n) is 9.22. The van der Waals surface area contributed by atoms with Crippen LogP contribution in [0.3, 0.4) is 0 Å². The molecule has 2 nitrogen and oxygen atoms in total. The van der Waals surface area contributed by atoms with E-state index in [1.807, 2.05) is 0 Å². The van der Waals surface area contributed by atoms with E-state index in [4.69, 9.17) is 16.3 Å². The molecule has 1 aliphatic heterocycles. The van der Waals surface area contributed by atoms with Crippen LogP contribution in [0.2, 0.25) is 5.02 Å². The van der Waals surface area contributed by atoms with Crippen molar-refractivity contribution in [2.45, 2.75) is 18.5 Å². The van der Waals surface area contributed by atoms with Crippen LogP contribution in [0, 0.1) is 0 Å². The molecular weight excluding hydrogens is 229 g/mol. The minimum atomic E-state index is -1.25. The molecule has 16 heavy (non-hydrogen) atoms. The fraction of sp³-hybridized carbons (Fsp3) is 0.500. The van der Waals surface area contributed by atoms with Crippen LogP contribution in [0.15, 0.2) is 18.2 Å². The molecule has 0 atom stereocenters. The highest BCUT2D eigenvalue weighted by molar-refractivity contribution is 6.32. The van der Waals surface area contributed by atoms with Crippen molar-refractivity contribution in [3.8, 4) is 5.75 Å². The number of benzene rings is 1. The lowest BCUT2D eigenvalue weighted by atomic mass is 9.87. The maximum atomic E-state index is 14.6. The van der Waals surface area contributed by atoms with Gasteiger partial charge in [-0.05, 0) is 43.6 Å². The number of ether oxygens (including phenoxy) is 1. The molecule has 0 aromatic heterocycles. The number of hydrogen-bond acceptors (Lipinski definition) is 2. The molecule has 0 unspecified atom stereocenters. The van der Waals surface area contributed by atoms with E-state index < -0.39 is 5.67 Å². The summed E-state index contributed by atoms with van der Waals surface area (Å²) in [5, 5.41) is 3.62. The van der Waals surface area contributed by atoms with Gasteiger partial charge in [-0.1, -0.05) is 17.7 Å². The summed E-state index contributed by atoms with van der Waals surface area (Å²) in [5.74, 6) is 0.586. The molecule has 1 aromatic carbocycles. The van der Waals surface area contributed by atoms with Crippen LogP contribution < -0.4 is 10.1 Å². The summed E-state index contributed by atoms with van der Waals surface area (Å²) >= 11 is 6.00. The molecule has 1 saturated heterocycles. The third-order valence-electron chi connectivity index (χ3n) is 3.07. The molecule has 88 valence electrons. The standard InChI is InChI=1S/C12H15ClFNO/c1-16-11-3-2-9(8-10(11)13)12(14)4-6-15-7-5-12/h2-3,8,15H,4-7H2,1H3. The Bertz CT molecular complexity index is 377. The fourth-order valence-corrected chi connectivity index (χ4v) is 2.31. The summed E-state index contributed by atoms with van der Waals surface area (Å²) in [7, 11) is 1.55. The Hall–Kier alpha value is -0.800. The molecule has 1 heterocycles. The van der Waals surface area contributed by atoms with Gasteiger partial charge in [-0.15, -0.1) is 0 Å². The number of rotatable bonds is 2. The summed E-state index contributed by atoms with van der Waals surface area (Å²) in [6.45, 7) is 1.42. The van der Waals surface area contributed by atoms with Gasteiger partial charge in [-0.3, -0.25) is 0 Å². The van der Waals surface area contributed by atoms with E-state index in [0.29, 0.717) is 42.3 Å². The Kier molecular flexibility index (Phi) is 3.36. The van der Waals surface area contributed by atoms with Crippen molar-refractivity contribution in [1.29, 1.82) is 0 Å². The van der Waals surface area contributed by atoms with Crippen molar-refractivity contribution in [1.82, 2.24) is 5.32 Å². The first-order valence-electron chi connectivity index (χ1n) is 5.39. The Morgan fingerprint density at radius 3 is 2.62 bits per heavy atom. The highest BCUT2D eigenvalue weighted by atomic mass is 35.5. The van der Waals surface area contributed by atoms with Crippen LogP contribution in [0.4, 0.5) is 4.39 Å². The SMILES string of the molecule is COc1ccc(C2(F)CCNCC2)cc1Cl. The molecule has 0 amide bonds. The molecule has 0 saturated carbocycles. The number of nitrogens with one attached hydrogen (secondary N) is 1. The van der Waals surface area contributed by atoms with Crippen LogP contribution in [-0.2, 0) is 5.67 Å². The molecule has 1 aromatic rings. The van der Waals surface area contributed by atoms with Crippen LogP contribution >= 0.6 is 11.6 Å². The van der Waals surface area contributed by atoms with E-state index in [1.165, 1.54) is 0 Å². The van der Waals surface area contributed by atoms with Gasteiger partial charge in [-0.25, -0.2) is 4.39 Å². The number of halogens is 2. The number of methoxy groups -OCH3 is 1. The smallest absolute Gasteiger partial charge is 0.138 e. The monoisotopic (exact) mass is 243 g/mol. The predicted molar refractivity (Wildman–Crippen MR) is 62.9 cm³/mol. The number of hydrogen-bond donors (Lipinski definition) is 1. The first-order chi connectivity index (χ1) is 7.65. The van der Waals surface area contributed by atoms with Crippen molar-refractivity contribution in [3.05, 3.63) is 28.8 Å². The lowest BCUT2D eigenvalue weighted by Crippen LogP contribution is -2.36. The van der Waals surface area contributed by atoms with E-state index in [-0.39, 0.29) is 0 Å².